The Morgan fingerprint density at radius 1 is 1.11 bits per heavy atom. The van der Waals surface area contributed by atoms with Crippen LogP contribution in [0.4, 0.5) is 5.69 Å². The second kappa shape index (κ2) is 9.41. The van der Waals surface area contributed by atoms with Gasteiger partial charge in [-0.25, -0.2) is 9.78 Å². The van der Waals surface area contributed by atoms with E-state index in [0.29, 0.717) is 18.8 Å². The molecule has 0 fully saturated rings. The van der Waals surface area contributed by atoms with Crippen LogP contribution in [0.3, 0.4) is 0 Å². The van der Waals surface area contributed by atoms with Crippen molar-refractivity contribution in [2.24, 2.45) is 0 Å². The third-order valence-electron chi connectivity index (χ3n) is 6.90. The van der Waals surface area contributed by atoms with E-state index in [-0.39, 0.29) is 24.0 Å². The van der Waals surface area contributed by atoms with Gasteiger partial charge in [-0.2, -0.15) is 0 Å². The van der Waals surface area contributed by atoms with Crippen LogP contribution in [0, 0.1) is 6.92 Å². The van der Waals surface area contributed by atoms with Gasteiger partial charge < -0.3 is 9.64 Å². The monoisotopic (exact) mass is 470 g/mol. The number of esters is 1. The average Bonchev–Trinajstić information content (AvgIpc) is 3.33. The summed E-state index contributed by atoms with van der Waals surface area (Å²) in [7, 11) is 2.09. The number of carbonyl (C=O) groups excluding carboxylic acids is 1. The highest BCUT2D eigenvalue weighted by molar-refractivity contribution is 5.74. The van der Waals surface area contributed by atoms with Gasteiger partial charge in [0.25, 0.3) is 0 Å². The Hall–Kier alpha value is -3.87. The predicted octanol–water partition coefficient (Wildman–Crippen LogP) is 4.28. The van der Waals surface area contributed by atoms with E-state index in [9.17, 15) is 9.59 Å². The van der Waals surface area contributed by atoms with Crippen molar-refractivity contribution in [3.63, 3.8) is 0 Å². The third kappa shape index (κ3) is 4.11. The lowest BCUT2D eigenvalue weighted by Crippen LogP contribution is -2.31. The van der Waals surface area contributed by atoms with Crippen molar-refractivity contribution in [3.05, 3.63) is 94.0 Å². The molecule has 180 valence electrons. The first-order valence-electron chi connectivity index (χ1n) is 12.1. The van der Waals surface area contributed by atoms with Crippen LogP contribution in [0.2, 0.25) is 0 Å². The van der Waals surface area contributed by atoms with Gasteiger partial charge in [-0.05, 0) is 48.7 Å². The molecule has 1 aliphatic rings. The molecule has 2 aromatic carbocycles. The molecule has 0 saturated carbocycles. The second-order valence-corrected chi connectivity index (χ2v) is 9.13. The molecule has 7 heteroatoms. The Bertz CT molecular complexity index is 1420. The van der Waals surface area contributed by atoms with Gasteiger partial charge in [0.1, 0.15) is 0 Å². The minimum absolute atomic E-state index is 0.0571. The quantitative estimate of drug-likeness (QED) is 0.377. The Kier molecular flexibility index (Phi) is 6.16. The normalized spacial score (nSPS) is 15.9. The van der Waals surface area contributed by atoms with Gasteiger partial charge in [-0.15, -0.1) is 0 Å². The first-order valence-corrected chi connectivity index (χ1v) is 12.1. The van der Waals surface area contributed by atoms with Crippen LogP contribution in [0.15, 0.2) is 71.7 Å². The zero-order valence-corrected chi connectivity index (χ0v) is 20.3. The van der Waals surface area contributed by atoms with Crippen molar-refractivity contribution >= 4 is 22.8 Å². The minimum atomic E-state index is -0.512. The maximum absolute atomic E-state index is 14.0. The van der Waals surface area contributed by atoms with Gasteiger partial charge in [0, 0.05) is 37.9 Å². The van der Waals surface area contributed by atoms with E-state index in [1.165, 1.54) is 16.8 Å². The number of hydrogen-bond donors (Lipinski definition) is 0. The van der Waals surface area contributed by atoms with Crippen LogP contribution in [0.5, 0.6) is 0 Å². The number of fused-ring (bicyclic) bond motifs is 2. The summed E-state index contributed by atoms with van der Waals surface area (Å²) in [6.45, 7) is 5.59. The summed E-state index contributed by atoms with van der Waals surface area (Å²) < 4.78 is 8.75. The van der Waals surface area contributed by atoms with Crippen molar-refractivity contribution in [2.45, 2.75) is 38.8 Å². The summed E-state index contributed by atoms with van der Waals surface area (Å²) >= 11 is 0. The Morgan fingerprint density at radius 2 is 1.91 bits per heavy atom. The molecule has 0 bridgehead atoms. The van der Waals surface area contributed by atoms with Gasteiger partial charge in [0.2, 0.25) is 0 Å². The van der Waals surface area contributed by atoms with Gasteiger partial charge >= 0.3 is 11.7 Å². The summed E-state index contributed by atoms with van der Waals surface area (Å²) in [6.07, 6.45) is 1.75. The number of aromatic nitrogens is 3. The van der Waals surface area contributed by atoms with Crippen LogP contribution in [0.25, 0.3) is 11.2 Å². The average molecular weight is 471 g/mol. The minimum Gasteiger partial charge on any atom is -0.466 e. The van der Waals surface area contributed by atoms with Crippen molar-refractivity contribution in [2.75, 3.05) is 25.1 Å². The molecule has 0 aliphatic carbocycles. The van der Waals surface area contributed by atoms with Crippen LogP contribution < -0.4 is 10.6 Å². The fraction of sp³-hybridized carbons (Fsp3) is 0.321. The molecule has 7 nitrogen and oxygen atoms in total. The topological polar surface area (TPSA) is 69.4 Å². The zero-order chi connectivity index (χ0) is 24.5. The van der Waals surface area contributed by atoms with Crippen molar-refractivity contribution in [1.29, 1.82) is 0 Å². The van der Waals surface area contributed by atoms with E-state index in [4.69, 9.17) is 4.74 Å². The fourth-order valence-electron chi connectivity index (χ4n) is 5.40. The van der Waals surface area contributed by atoms with Crippen molar-refractivity contribution in [1.82, 2.24) is 14.1 Å². The molecular formula is C28H30N4O3. The smallest absolute Gasteiger partial charge is 0.330 e. The molecule has 5 rings (SSSR count). The summed E-state index contributed by atoms with van der Waals surface area (Å²) in [5.74, 6) is -0.166. The Balaban J connectivity index is 1.63. The van der Waals surface area contributed by atoms with E-state index in [0.717, 1.165) is 17.6 Å². The molecule has 0 amide bonds. The standard InChI is InChI=1S/C28H30N4O3/c1-4-35-25(33)16-24(20-11-6-5-7-12-20)32-27-23(14-9-15-29-27)31(28(32)34)18-21-17-30(3)22-13-8-10-19(2)26(21)22/h5-15,21,24H,4,16-18H2,1-3H3/t21?,24-/m1/s1. The van der Waals surface area contributed by atoms with E-state index in [2.05, 4.69) is 42.1 Å². The molecule has 0 radical (unpaired) electrons. The highest BCUT2D eigenvalue weighted by Gasteiger charge is 2.31. The lowest BCUT2D eigenvalue weighted by atomic mass is 9.96. The third-order valence-corrected chi connectivity index (χ3v) is 6.90. The molecule has 1 aliphatic heterocycles. The number of anilines is 1. The molecule has 1 unspecified atom stereocenters. The number of imidazole rings is 1. The van der Waals surface area contributed by atoms with E-state index in [1.54, 1.807) is 17.7 Å². The molecule has 0 spiro atoms. The van der Waals surface area contributed by atoms with E-state index in [1.807, 2.05) is 47.0 Å². The van der Waals surface area contributed by atoms with Gasteiger partial charge in [-0.1, -0.05) is 42.5 Å². The first-order chi connectivity index (χ1) is 17.0. The number of rotatable bonds is 7. The molecule has 4 aromatic rings. The fourth-order valence-corrected chi connectivity index (χ4v) is 5.40. The van der Waals surface area contributed by atoms with E-state index >= 15 is 0 Å². The predicted molar refractivity (Wildman–Crippen MR) is 137 cm³/mol. The second-order valence-electron chi connectivity index (χ2n) is 9.13. The highest BCUT2D eigenvalue weighted by atomic mass is 16.5. The summed E-state index contributed by atoms with van der Waals surface area (Å²) in [6, 6.07) is 19.3. The van der Waals surface area contributed by atoms with Crippen LogP contribution in [-0.4, -0.2) is 40.3 Å². The number of nitrogens with zero attached hydrogens (tertiary/aromatic N) is 4. The molecular weight excluding hydrogens is 440 g/mol. The lowest BCUT2D eigenvalue weighted by molar-refractivity contribution is -0.143. The van der Waals surface area contributed by atoms with Crippen molar-refractivity contribution < 1.29 is 9.53 Å². The Morgan fingerprint density at radius 3 is 2.69 bits per heavy atom. The van der Waals surface area contributed by atoms with Gasteiger partial charge in [0.05, 0.1) is 24.6 Å². The van der Waals surface area contributed by atoms with Crippen LogP contribution in [0.1, 0.15) is 42.0 Å². The summed E-state index contributed by atoms with van der Waals surface area (Å²) in [5.41, 5.74) is 5.79. The number of carbonyl (C=O) groups is 1. The SMILES string of the molecule is CCOC(=O)C[C@H](c1ccccc1)n1c(=O)n(CC2CN(C)c3cccc(C)c32)c2cccnc21. The van der Waals surface area contributed by atoms with Crippen LogP contribution in [-0.2, 0) is 16.1 Å². The molecule has 2 atom stereocenters. The molecule has 3 heterocycles. The zero-order valence-electron chi connectivity index (χ0n) is 20.3. The highest BCUT2D eigenvalue weighted by Crippen LogP contribution is 2.38. The number of likely N-dealkylation sites (N-methyl/N-ethyl adjacent to an activating group) is 1. The van der Waals surface area contributed by atoms with Gasteiger partial charge in [-0.3, -0.25) is 13.9 Å². The molecule has 35 heavy (non-hydrogen) atoms. The van der Waals surface area contributed by atoms with Gasteiger partial charge in [0.15, 0.2) is 5.65 Å². The summed E-state index contributed by atoms with van der Waals surface area (Å²) in [4.78, 5) is 33.4. The summed E-state index contributed by atoms with van der Waals surface area (Å²) in [5, 5.41) is 0. The molecule has 0 N–H and O–H groups in total. The number of ether oxygens (including phenoxy) is 1. The largest absolute Gasteiger partial charge is 0.466 e. The Labute approximate surface area is 204 Å². The maximum Gasteiger partial charge on any atom is 0.330 e. The maximum atomic E-state index is 14.0. The number of pyridine rings is 1. The first kappa shape index (κ1) is 22.9. The number of benzene rings is 2. The lowest BCUT2D eigenvalue weighted by Gasteiger charge is -2.18. The number of hydrogen-bond acceptors (Lipinski definition) is 5. The molecule has 2 aromatic heterocycles. The van der Waals surface area contributed by atoms with Crippen LogP contribution >= 0.6 is 0 Å². The number of aryl methyl sites for hydroxylation is 1. The van der Waals surface area contributed by atoms with E-state index < -0.39 is 6.04 Å². The van der Waals surface area contributed by atoms with Crippen molar-refractivity contribution in [3.8, 4) is 0 Å². The molecule has 0 saturated heterocycles.